The molecule has 5 nitrogen and oxygen atoms in total. The number of amides is 1. The first-order valence-electron chi connectivity index (χ1n) is 9.17. The van der Waals surface area contributed by atoms with Crippen molar-refractivity contribution in [2.45, 2.75) is 0 Å². The van der Waals surface area contributed by atoms with Crippen LogP contribution >= 0.6 is 0 Å². The summed E-state index contributed by atoms with van der Waals surface area (Å²) in [6, 6.07) is 13.3. The Morgan fingerprint density at radius 1 is 0.964 bits per heavy atom. The van der Waals surface area contributed by atoms with Crippen LogP contribution in [0.3, 0.4) is 0 Å². The number of carbonyl (C=O) groups excluding carboxylic acids is 1. The topological polar surface area (TPSA) is 48.5 Å². The molecule has 2 heterocycles. The summed E-state index contributed by atoms with van der Waals surface area (Å²) in [4.78, 5) is 20.3. The minimum absolute atomic E-state index is 0.0437. The van der Waals surface area contributed by atoms with E-state index in [0.29, 0.717) is 38.4 Å². The number of anilines is 2. The summed E-state index contributed by atoms with van der Waals surface area (Å²) < 4.78 is 28.3. The lowest BCUT2D eigenvalue weighted by atomic mass is 10.1. The Hall–Kier alpha value is -3.06. The van der Waals surface area contributed by atoms with Gasteiger partial charge in [0.25, 0.3) is 0 Å². The van der Waals surface area contributed by atoms with E-state index in [9.17, 15) is 13.6 Å². The molecule has 0 atom stereocenters. The highest BCUT2D eigenvalue weighted by molar-refractivity contribution is 5.93. The SMILES string of the molecule is O=C(CN1CCN(c2ccnc3c(F)ccc(F)c23)CC1)Nc1ccccc1. The molecule has 0 unspecified atom stereocenters. The van der Waals surface area contributed by atoms with Gasteiger partial charge in [-0.25, -0.2) is 8.78 Å². The molecule has 3 aromatic rings. The normalized spacial score (nSPS) is 15.0. The zero-order valence-electron chi connectivity index (χ0n) is 15.2. The van der Waals surface area contributed by atoms with Crippen LogP contribution in [0.15, 0.2) is 54.7 Å². The highest BCUT2D eigenvalue weighted by Gasteiger charge is 2.22. The summed E-state index contributed by atoms with van der Waals surface area (Å²) in [6.07, 6.45) is 1.50. The Labute approximate surface area is 161 Å². The number of carbonyl (C=O) groups is 1. The van der Waals surface area contributed by atoms with E-state index in [2.05, 4.69) is 15.2 Å². The molecule has 1 N–H and O–H groups in total. The number of fused-ring (bicyclic) bond motifs is 1. The van der Waals surface area contributed by atoms with Crippen molar-refractivity contribution in [2.75, 3.05) is 42.9 Å². The average Bonchev–Trinajstić information content (AvgIpc) is 2.72. The van der Waals surface area contributed by atoms with Gasteiger partial charge in [0.1, 0.15) is 17.2 Å². The van der Waals surface area contributed by atoms with Gasteiger partial charge in [0.15, 0.2) is 0 Å². The van der Waals surface area contributed by atoms with Crippen LogP contribution in [0.1, 0.15) is 0 Å². The van der Waals surface area contributed by atoms with Crippen molar-refractivity contribution in [1.82, 2.24) is 9.88 Å². The summed E-state index contributed by atoms with van der Waals surface area (Å²) in [7, 11) is 0. The zero-order valence-corrected chi connectivity index (χ0v) is 15.2. The van der Waals surface area contributed by atoms with Crippen LogP contribution in [0.5, 0.6) is 0 Å². The minimum Gasteiger partial charge on any atom is -0.368 e. The molecule has 28 heavy (non-hydrogen) atoms. The summed E-state index contributed by atoms with van der Waals surface area (Å²) in [5.41, 5.74) is 1.45. The van der Waals surface area contributed by atoms with Crippen molar-refractivity contribution in [3.05, 3.63) is 66.4 Å². The fourth-order valence-corrected chi connectivity index (χ4v) is 3.51. The monoisotopic (exact) mass is 382 g/mol. The molecule has 2 aromatic carbocycles. The molecule has 1 aliphatic heterocycles. The highest BCUT2D eigenvalue weighted by Crippen LogP contribution is 2.30. The maximum Gasteiger partial charge on any atom is 0.238 e. The predicted molar refractivity (Wildman–Crippen MR) is 105 cm³/mol. The largest absolute Gasteiger partial charge is 0.368 e. The number of nitrogens with zero attached hydrogens (tertiary/aromatic N) is 3. The van der Waals surface area contributed by atoms with E-state index >= 15 is 0 Å². The highest BCUT2D eigenvalue weighted by atomic mass is 19.1. The molecule has 0 bridgehead atoms. The lowest BCUT2D eigenvalue weighted by Gasteiger charge is -2.36. The fraction of sp³-hybridized carbons (Fsp3) is 0.238. The van der Waals surface area contributed by atoms with Gasteiger partial charge in [-0.3, -0.25) is 14.7 Å². The Morgan fingerprint density at radius 2 is 1.68 bits per heavy atom. The molecule has 1 aliphatic rings. The lowest BCUT2D eigenvalue weighted by molar-refractivity contribution is -0.117. The van der Waals surface area contributed by atoms with E-state index in [-0.39, 0.29) is 16.8 Å². The third kappa shape index (κ3) is 3.80. The number of benzene rings is 2. The van der Waals surface area contributed by atoms with Gasteiger partial charge in [-0.05, 0) is 30.3 Å². The average molecular weight is 382 g/mol. The first kappa shape index (κ1) is 18.3. The Morgan fingerprint density at radius 3 is 2.43 bits per heavy atom. The minimum atomic E-state index is -0.533. The summed E-state index contributed by atoms with van der Waals surface area (Å²) >= 11 is 0. The standard InChI is InChI=1S/C21H20F2N4O/c22-16-6-7-17(23)21-20(16)18(8-9-24-21)27-12-10-26(11-13-27)14-19(28)25-15-4-2-1-3-5-15/h1-9H,10-14H2,(H,25,28). The van der Waals surface area contributed by atoms with Crippen LogP contribution in [0.25, 0.3) is 10.9 Å². The van der Waals surface area contributed by atoms with Crippen LogP contribution in [-0.2, 0) is 4.79 Å². The number of halogens is 2. The molecule has 0 spiro atoms. The first-order valence-corrected chi connectivity index (χ1v) is 9.17. The number of pyridine rings is 1. The number of hydrogen-bond donors (Lipinski definition) is 1. The number of hydrogen-bond acceptors (Lipinski definition) is 4. The molecule has 1 amide bonds. The van der Waals surface area contributed by atoms with Crippen molar-refractivity contribution in [2.24, 2.45) is 0 Å². The van der Waals surface area contributed by atoms with E-state index in [1.54, 1.807) is 6.07 Å². The van der Waals surface area contributed by atoms with Crippen LogP contribution in [0.2, 0.25) is 0 Å². The smallest absolute Gasteiger partial charge is 0.238 e. The van der Waals surface area contributed by atoms with Crippen LogP contribution in [0, 0.1) is 11.6 Å². The molecular formula is C21H20F2N4O. The van der Waals surface area contributed by atoms with Crippen LogP contribution < -0.4 is 10.2 Å². The van der Waals surface area contributed by atoms with Gasteiger partial charge in [-0.1, -0.05) is 18.2 Å². The third-order valence-corrected chi connectivity index (χ3v) is 4.91. The predicted octanol–water partition coefficient (Wildman–Crippen LogP) is 3.27. The van der Waals surface area contributed by atoms with Gasteiger partial charge in [0.05, 0.1) is 17.6 Å². The molecule has 0 radical (unpaired) electrons. The maximum absolute atomic E-state index is 14.3. The van der Waals surface area contributed by atoms with Crippen LogP contribution in [-0.4, -0.2) is 48.5 Å². The Balaban J connectivity index is 1.42. The molecular weight excluding hydrogens is 362 g/mol. The van der Waals surface area contributed by atoms with Crippen molar-refractivity contribution in [3.8, 4) is 0 Å². The van der Waals surface area contributed by atoms with Gasteiger partial charge in [0, 0.05) is 38.1 Å². The second-order valence-electron chi connectivity index (χ2n) is 6.76. The number of nitrogens with one attached hydrogen (secondary N) is 1. The van der Waals surface area contributed by atoms with Crippen molar-refractivity contribution in [1.29, 1.82) is 0 Å². The van der Waals surface area contributed by atoms with Crippen molar-refractivity contribution >= 4 is 28.2 Å². The van der Waals surface area contributed by atoms with Crippen molar-refractivity contribution in [3.63, 3.8) is 0 Å². The second kappa shape index (κ2) is 7.90. The van der Waals surface area contributed by atoms with E-state index in [0.717, 1.165) is 17.8 Å². The number of piperazine rings is 1. The lowest BCUT2D eigenvalue weighted by Crippen LogP contribution is -2.48. The fourth-order valence-electron chi connectivity index (χ4n) is 3.51. The summed E-state index contributed by atoms with van der Waals surface area (Å²) in [5.74, 6) is -1.08. The summed E-state index contributed by atoms with van der Waals surface area (Å²) in [5, 5.41) is 3.08. The molecule has 1 aromatic heterocycles. The molecule has 1 saturated heterocycles. The molecule has 0 aliphatic carbocycles. The van der Waals surface area contributed by atoms with Gasteiger partial charge in [-0.2, -0.15) is 0 Å². The van der Waals surface area contributed by atoms with Gasteiger partial charge < -0.3 is 10.2 Å². The number of para-hydroxylation sites is 1. The number of rotatable bonds is 4. The third-order valence-electron chi connectivity index (χ3n) is 4.91. The van der Waals surface area contributed by atoms with E-state index in [4.69, 9.17) is 0 Å². The van der Waals surface area contributed by atoms with Gasteiger partial charge in [0.2, 0.25) is 5.91 Å². The Bertz CT molecular complexity index is 988. The van der Waals surface area contributed by atoms with E-state index in [1.165, 1.54) is 6.20 Å². The molecule has 144 valence electrons. The zero-order chi connectivity index (χ0) is 19.5. The van der Waals surface area contributed by atoms with Gasteiger partial charge in [-0.15, -0.1) is 0 Å². The maximum atomic E-state index is 14.3. The second-order valence-corrected chi connectivity index (χ2v) is 6.76. The first-order chi connectivity index (χ1) is 13.6. The molecule has 7 heteroatoms. The molecule has 4 rings (SSSR count). The van der Waals surface area contributed by atoms with Gasteiger partial charge >= 0.3 is 0 Å². The molecule has 1 fully saturated rings. The van der Waals surface area contributed by atoms with E-state index in [1.807, 2.05) is 35.2 Å². The quantitative estimate of drug-likeness (QED) is 0.752. The molecule has 0 saturated carbocycles. The van der Waals surface area contributed by atoms with Crippen LogP contribution in [0.4, 0.5) is 20.2 Å². The Kier molecular flexibility index (Phi) is 5.16. The van der Waals surface area contributed by atoms with Crippen molar-refractivity contribution < 1.29 is 13.6 Å². The summed E-state index contributed by atoms with van der Waals surface area (Å²) in [6.45, 7) is 2.84. The van der Waals surface area contributed by atoms with E-state index < -0.39 is 11.6 Å². The number of aromatic nitrogens is 1.